The van der Waals surface area contributed by atoms with Crippen molar-refractivity contribution < 1.29 is 14.3 Å². The maximum atomic E-state index is 12.9. The molecular weight excluding hydrogens is 366 g/mol. The fraction of sp³-hybridized carbons (Fsp3) is 0.261. The second kappa shape index (κ2) is 8.73. The number of aromatic nitrogens is 2. The van der Waals surface area contributed by atoms with Gasteiger partial charge in [-0.25, -0.2) is 4.79 Å². The molecule has 29 heavy (non-hydrogen) atoms. The van der Waals surface area contributed by atoms with Crippen LogP contribution in [0.1, 0.15) is 36.9 Å². The Morgan fingerprint density at radius 3 is 2.62 bits per heavy atom. The summed E-state index contributed by atoms with van der Waals surface area (Å²) in [7, 11) is 0. The Kier molecular flexibility index (Phi) is 5.70. The molecule has 6 heteroatoms. The zero-order valence-corrected chi connectivity index (χ0v) is 16.0. The van der Waals surface area contributed by atoms with Gasteiger partial charge in [0.05, 0.1) is 11.6 Å². The first-order valence-corrected chi connectivity index (χ1v) is 9.80. The van der Waals surface area contributed by atoms with Gasteiger partial charge in [0.15, 0.2) is 6.04 Å². The summed E-state index contributed by atoms with van der Waals surface area (Å²) in [5.41, 5.74) is 1.74. The van der Waals surface area contributed by atoms with Gasteiger partial charge >= 0.3 is 5.97 Å². The van der Waals surface area contributed by atoms with E-state index in [1.165, 1.54) is 0 Å². The van der Waals surface area contributed by atoms with E-state index in [1.54, 1.807) is 4.68 Å². The minimum Gasteiger partial charge on any atom is -0.462 e. The van der Waals surface area contributed by atoms with Gasteiger partial charge in [0.25, 0.3) is 0 Å². The summed E-state index contributed by atoms with van der Waals surface area (Å²) in [5, 5.41) is 8.51. The number of esters is 1. The highest BCUT2D eigenvalue weighted by atomic mass is 16.5. The molecule has 1 N–H and O–H groups in total. The third-order valence-corrected chi connectivity index (χ3v) is 5.02. The standard InChI is InChI=1S/C23H23N3O3/c27-22-14-6-2-5-13-21(26-15-18-11-7-8-12-19(18)25-26)23(28)29-16-20(24-22)17-9-3-1-4-10-17/h1-5,7-12,15,20-21H,6,13-14,16H2,(H,24,27)/b5-2-/t20-,21+/m0/s1. The van der Waals surface area contributed by atoms with Gasteiger partial charge in [-0.05, 0) is 24.5 Å². The Hall–Kier alpha value is -3.41. The lowest BCUT2D eigenvalue weighted by atomic mass is 10.1. The molecule has 0 unspecified atom stereocenters. The number of carbonyl (C=O) groups is 2. The van der Waals surface area contributed by atoms with Crippen LogP contribution in [-0.4, -0.2) is 28.3 Å². The van der Waals surface area contributed by atoms with Crippen LogP contribution in [0.15, 0.2) is 72.9 Å². The number of cyclic esters (lactones) is 1. The molecule has 0 saturated carbocycles. The van der Waals surface area contributed by atoms with Crippen LogP contribution in [0.4, 0.5) is 0 Å². The van der Waals surface area contributed by atoms with Gasteiger partial charge in [-0.3, -0.25) is 9.48 Å². The Balaban J connectivity index is 1.60. The number of nitrogens with one attached hydrogen (secondary N) is 1. The third-order valence-electron chi connectivity index (χ3n) is 5.02. The first kappa shape index (κ1) is 18.9. The van der Waals surface area contributed by atoms with E-state index in [9.17, 15) is 9.59 Å². The Bertz CT molecular complexity index is 993. The molecule has 2 aromatic carbocycles. The second-order valence-corrected chi connectivity index (χ2v) is 7.09. The molecule has 1 aliphatic heterocycles. The number of hydrogen-bond donors (Lipinski definition) is 1. The first-order chi connectivity index (χ1) is 14.2. The molecule has 1 amide bonds. The van der Waals surface area contributed by atoms with Gasteiger partial charge in [0.2, 0.25) is 5.91 Å². The Morgan fingerprint density at radius 2 is 1.79 bits per heavy atom. The second-order valence-electron chi connectivity index (χ2n) is 7.09. The molecule has 3 aromatic rings. The summed E-state index contributed by atoms with van der Waals surface area (Å²) in [6.45, 7) is 0.0790. The number of nitrogens with zero attached hydrogens (tertiary/aromatic N) is 2. The molecule has 6 nitrogen and oxygen atoms in total. The van der Waals surface area contributed by atoms with E-state index in [0.717, 1.165) is 16.5 Å². The summed E-state index contributed by atoms with van der Waals surface area (Å²) in [6, 6.07) is 16.4. The van der Waals surface area contributed by atoms with Crippen molar-refractivity contribution in [3.8, 4) is 0 Å². The Morgan fingerprint density at radius 1 is 1.00 bits per heavy atom. The van der Waals surface area contributed by atoms with Gasteiger partial charge < -0.3 is 10.1 Å². The minimum atomic E-state index is -0.551. The SMILES string of the molecule is O=C1CC/C=C\C[C@@H](n2cc3ccccc3n2)C(=O)OC[C@@H](c2ccccc2)N1. The van der Waals surface area contributed by atoms with E-state index in [2.05, 4.69) is 10.4 Å². The number of amides is 1. The predicted octanol–water partition coefficient (Wildman–Crippen LogP) is 3.72. The number of rotatable bonds is 2. The lowest BCUT2D eigenvalue weighted by Gasteiger charge is -2.22. The zero-order chi connectivity index (χ0) is 20.1. The largest absolute Gasteiger partial charge is 0.462 e. The highest BCUT2D eigenvalue weighted by molar-refractivity contribution is 5.80. The van der Waals surface area contributed by atoms with Gasteiger partial charge in [0, 0.05) is 18.0 Å². The highest BCUT2D eigenvalue weighted by Crippen LogP contribution is 2.21. The van der Waals surface area contributed by atoms with Crippen LogP contribution in [0.3, 0.4) is 0 Å². The molecular formula is C23H23N3O3. The third kappa shape index (κ3) is 4.54. The highest BCUT2D eigenvalue weighted by Gasteiger charge is 2.25. The Labute approximate surface area is 169 Å². The first-order valence-electron chi connectivity index (χ1n) is 9.80. The summed E-state index contributed by atoms with van der Waals surface area (Å²) < 4.78 is 7.32. The molecule has 0 saturated heterocycles. The van der Waals surface area contributed by atoms with Crippen molar-refractivity contribution in [2.24, 2.45) is 0 Å². The fourth-order valence-corrected chi connectivity index (χ4v) is 3.45. The summed E-state index contributed by atoms with van der Waals surface area (Å²) in [6.07, 6.45) is 7.20. The summed E-state index contributed by atoms with van der Waals surface area (Å²) >= 11 is 0. The maximum Gasteiger partial charge on any atom is 0.331 e. The lowest BCUT2D eigenvalue weighted by Crippen LogP contribution is -2.33. The van der Waals surface area contributed by atoms with E-state index in [1.807, 2.05) is 72.9 Å². The maximum absolute atomic E-state index is 12.9. The van der Waals surface area contributed by atoms with Crippen LogP contribution in [0, 0.1) is 0 Å². The van der Waals surface area contributed by atoms with Crippen LogP contribution in [0.25, 0.3) is 10.9 Å². The summed E-state index contributed by atoms with van der Waals surface area (Å²) in [4.78, 5) is 25.2. The zero-order valence-electron chi connectivity index (χ0n) is 16.0. The molecule has 1 aromatic heterocycles. The number of benzene rings is 2. The van der Waals surface area contributed by atoms with Crippen molar-refractivity contribution >= 4 is 22.8 Å². The van der Waals surface area contributed by atoms with Gasteiger partial charge in [0.1, 0.15) is 6.61 Å². The number of fused-ring (bicyclic) bond motifs is 1. The van der Waals surface area contributed by atoms with Crippen LogP contribution >= 0.6 is 0 Å². The van der Waals surface area contributed by atoms with Crippen molar-refractivity contribution in [3.05, 3.63) is 78.5 Å². The average Bonchev–Trinajstić information content (AvgIpc) is 3.17. The molecule has 0 aliphatic carbocycles. The molecule has 148 valence electrons. The molecule has 0 radical (unpaired) electrons. The lowest BCUT2D eigenvalue weighted by molar-refractivity contribution is -0.149. The normalized spacial score (nSPS) is 22.2. The van der Waals surface area contributed by atoms with Crippen LogP contribution in [0.2, 0.25) is 0 Å². The van der Waals surface area contributed by atoms with E-state index in [-0.39, 0.29) is 24.5 Å². The van der Waals surface area contributed by atoms with E-state index >= 15 is 0 Å². The molecule has 2 heterocycles. The van der Waals surface area contributed by atoms with E-state index in [4.69, 9.17) is 4.74 Å². The molecule has 0 fully saturated rings. The number of hydrogen-bond acceptors (Lipinski definition) is 4. The van der Waals surface area contributed by atoms with Crippen molar-refractivity contribution in [2.75, 3.05) is 6.61 Å². The number of carbonyl (C=O) groups excluding carboxylic acids is 2. The summed E-state index contributed by atoms with van der Waals surface area (Å²) in [5.74, 6) is -0.423. The van der Waals surface area contributed by atoms with Crippen molar-refractivity contribution in [3.63, 3.8) is 0 Å². The average molecular weight is 389 g/mol. The monoisotopic (exact) mass is 389 g/mol. The van der Waals surface area contributed by atoms with Gasteiger partial charge in [-0.1, -0.05) is 60.7 Å². The molecule has 4 rings (SSSR count). The van der Waals surface area contributed by atoms with E-state index in [0.29, 0.717) is 19.3 Å². The molecule has 0 spiro atoms. The smallest absolute Gasteiger partial charge is 0.331 e. The number of allylic oxidation sites excluding steroid dienone is 2. The number of ether oxygens (including phenoxy) is 1. The van der Waals surface area contributed by atoms with Crippen molar-refractivity contribution in [1.82, 2.24) is 15.1 Å². The van der Waals surface area contributed by atoms with Crippen molar-refractivity contribution in [2.45, 2.75) is 31.3 Å². The minimum absolute atomic E-state index is 0.0602. The predicted molar refractivity (Wildman–Crippen MR) is 110 cm³/mol. The van der Waals surface area contributed by atoms with Gasteiger partial charge in [-0.15, -0.1) is 0 Å². The molecule has 1 aliphatic rings. The quantitative estimate of drug-likeness (QED) is 0.536. The van der Waals surface area contributed by atoms with Crippen LogP contribution < -0.4 is 5.32 Å². The van der Waals surface area contributed by atoms with Crippen LogP contribution in [-0.2, 0) is 14.3 Å². The van der Waals surface area contributed by atoms with Crippen molar-refractivity contribution in [1.29, 1.82) is 0 Å². The van der Waals surface area contributed by atoms with Gasteiger partial charge in [-0.2, -0.15) is 5.10 Å². The van der Waals surface area contributed by atoms with E-state index < -0.39 is 6.04 Å². The topological polar surface area (TPSA) is 73.2 Å². The molecule has 2 atom stereocenters. The molecule has 0 bridgehead atoms. The van der Waals surface area contributed by atoms with Crippen LogP contribution in [0.5, 0.6) is 0 Å². The fourth-order valence-electron chi connectivity index (χ4n) is 3.45.